The molecule has 6 nitrogen and oxygen atoms in total. The second-order valence-corrected chi connectivity index (χ2v) is 7.49. The van der Waals surface area contributed by atoms with Gasteiger partial charge in [0.05, 0.1) is 5.56 Å². The summed E-state index contributed by atoms with van der Waals surface area (Å²) in [5, 5.41) is 12.2. The van der Waals surface area contributed by atoms with Crippen molar-refractivity contribution in [1.29, 1.82) is 5.26 Å². The smallest absolute Gasteiger partial charge is 0.308 e. The summed E-state index contributed by atoms with van der Waals surface area (Å²) in [6.45, 7) is 11.8. The Morgan fingerprint density at radius 2 is 1.78 bits per heavy atom. The highest BCUT2D eigenvalue weighted by Crippen LogP contribution is 2.31. The minimum absolute atomic E-state index is 0.170. The van der Waals surface area contributed by atoms with Gasteiger partial charge in [-0.05, 0) is 49.8 Å². The summed E-state index contributed by atoms with van der Waals surface area (Å²) in [4.78, 5) is 24.3. The van der Waals surface area contributed by atoms with Gasteiger partial charge in [0.1, 0.15) is 17.4 Å². The van der Waals surface area contributed by atoms with Crippen molar-refractivity contribution in [3.63, 3.8) is 0 Å². The molecule has 0 atom stereocenters. The largest absolute Gasteiger partial charge is 0.425 e. The third-order valence-electron chi connectivity index (χ3n) is 3.92. The Balaban J connectivity index is 3.16. The minimum atomic E-state index is -0.932. The number of hydrogen-bond donors (Lipinski definition) is 1. The van der Waals surface area contributed by atoms with Gasteiger partial charge < -0.3 is 14.8 Å². The normalized spacial score (nSPS) is 11.4. The van der Waals surface area contributed by atoms with Crippen molar-refractivity contribution in [3.8, 4) is 11.8 Å². The Hall–Kier alpha value is -2.39. The molecule has 0 radical (unpaired) electrons. The van der Waals surface area contributed by atoms with Crippen LogP contribution in [-0.2, 0) is 14.3 Å². The molecule has 148 valence electrons. The van der Waals surface area contributed by atoms with Crippen LogP contribution >= 0.6 is 0 Å². The number of nitrogens with zero attached hydrogens (tertiary/aromatic N) is 1. The molecule has 0 aromatic heterocycles. The van der Waals surface area contributed by atoms with Crippen LogP contribution in [0.4, 0.5) is 5.69 Å². The lowest BCUT2D eigenvalue weighted by Gasteiger charge is -2.35. The molecule has 6 heteroatoms. The minimum Gasteiger partial charge on any atom is -0.425 e. The van der Waals surface area contributed by atoms with E-state index in [1.165, 1.54) is 19.1 Å². The lowest BCUT2D eigenvalue weighted by Crippen LogP contribution is -2.47. The molecule has 0 saturated heterocycles. The summed E-state index contributed by atoms with van der Waals surface area (Å²) >= 11 is 0. The highest BCUT2D eigenvalue weighted by atomic mass is 16.5. The molecule has 0 aliphatic rings. The van der Waals surface area contributed by atoms with E-state index in [0.29, 0.717) is 25.1 Å². The average molecular weight is 374 g/mol. The van der Waals surface area contributed by atoms with Gasteiger partial charge in [0.2, 0.25) is 0 Å². The molecular weight excluding hydrogens is 344 g/mol. The first-order valence-electron chi connectivity index (χ1n) is 9.31. The first kappa shape index (κ1) is 22.7. The molecule has 0 aliphatic carbocycles. The molecular formula is C21H30N2O4. The van der Waals surface area contributed by atoms with Gasteiger partial charge in [0, 0.05) is 19.2 Å². The van der Waals surface area contributed by atoms with E-state index in [-0.39, 0.29) is 29.1 Å². The molecule has 0 bridgehead atoms. The van der Waals surface area contributed by atoms with E-state index in [1.54, 1.807) is 6.07 Å². The number of amides is 1. The third-order valence-corrected chi connectivity index (χ3v) is 3.92. The van der Waals surface area contributed by atoms with Crippen molar-refractivity contribution in [1.82, 2.24) is 0 Å². The van der Waals surface area contributed by atoms with Crippen molar-refractivity contribution in [2.75, 3.05) is 11.9 Å². The van der Waals surface area contributed by atoms with Crippen molar-refractivity contribution >= 4 is 17.6 Å². The topological polar surface area (TPSA) is 88.4 Å². The number of ether oxygens (including phenoxy) is 2. The summed E-state index contributed by atoms with van der Waals surface area (Å²) in [7, 11) is 0. The standard InChI is InChI=1S/C21H30N2O4/c1-7-26-21(11-14(2)3,12-15(4)5)20(25)23-18-8-9-19(27-16(6)24)17(10-18)13-22/h8-10,14-15H,7,11-12H2,1-6H3,(H,23,25). The molecule has 1 amide bonds. The number of carbonyl (C=O) groups is 2. The molecule has 0 aliphatic heterocycles. The highest BCUT2D eigenvalue weighted by Gasteiger charge is 2.40. The number of anilines is 1. The fourth-order valence-corrected chi connectivity index (χ4v) is 3.23. The van der Waals surface area contributed by atoms with Crippen molar-refractivity contribution < 1.29 is 19.1 Å². The van der Waals surface area contributed by atoms with Gasteiger partial charge in [0.15, 0.2) is 0 Å². The van der Waals surface area contributed by atoms with Crippen molar-refractivity contribution in [2.24, 2.45) is 11.8 Å². The Morgan fingerprint density at radius 3 is 2.22 bits per heavy atom. The number of esters is 1. The first-order chi connectivity index (χ1) is 12.6. The zero-order valence-corrected chi connectivity index (χ0v) is 17.1. The predicted molar refractivity (Wildman–Crippen MR) is 104 cm³/mol. The van der Waals surface area contributed by atoms with Gasteiger partial charge >= 0.3 is 5.97 Å². The molecule has 1 aromatic carbocycles. The summed E-state index contributed by atoms with van der Waals surface area (Å²) in [5.74, 6) is -0.00375. The Kier molecular flexibility index (Phi) is 8.45. The fraction of sp³-hybridized carbons (Fsp3) is 0.571. The first-order valence-corrected chi connectivity index (χ1v) is 9.31. The highest BCUT2D eigenvalue weighted by molar-refractivity contribution is 5.97. The van der Waals surface area contributed by atoms with Crippen LogP contribution in [0.15, 0.2) is 18.2 Å². The van der Waals surface area contributed by atoms with Crippen molar-refractivity contribution in [2.45, 2.75) is 60.0 Å². The molecule has 0 unspecified atom stereocenters. The summed E-state index contributed by atoms with van der Waals surface area (Å²) in [6.07, 6.45) is 1.20. The predicted octanol–water partition coefficient (Wildman–Crippen LogP) is 4.29. The Morgan fingerprint density at radius 1 is 1.19 bits per heavy atom. The SMILES string of the molecule is CCOC(CC(C)C)(CC(C)C)C(=O)Nc1ccc(OC(C)=O)c(C#N)c1. The second-order valence-electron chi connectivity index (χ2n) is 7.49. The molecule has 0 heterocycles. The van der Waals surface area contributed by atoms with Crippen LogP contribution in [0.25, 0.3) is 0 Å². The van der Waals surface area contributed by atoms with Crippen LogP contribution in [0.1, 0.15) is 59.9 Å². The van der Waals surface area contributed by atoms with Crippen LogP contribution in [0, 0.1) is 23.2 Å². The Labute approximate surface area is 161 Å². The maximum atomic E-state index is 13.2. The van der Waals surface area contributed by atoms with Crippen molar-refractivity contribution in [3.05, 3.63) is 23.8 Å². The summed E-state index contributed by atoms with van der Waals surface area (Å²) in [5.41, 5.74) is -0.292. The quantitative estimate of drug-likeness (QED) is 0.514. The Bertz CT molecular complexity index is 695. The van der Waals surface area contributed by atoms with E-state index in [2.05, 4.69) is 33.0 Å². The number of nitriles is 1. The van der Waals surface area contributed by atoms with Gasteiger partial charge in [-0.3, -0.25) is 9.59 Å². The number of nitrogens with one attached hydrogen (secondary N) is 1. The van der Waals surface area contributed by atoms with E-state index < -0.39 is 11.6 Å². The molecule has 1 aromatic rings. The molecule has 1 N–H and O–H groups in total. The van der Waals surface area contributed by atoms with E-state index >= 15 is 0 Å². The fourth-order valence-electron chi connectivity index (χ4n) is 3.23. The van der Waals surface area contributed by atoms with Crippen LogP contribution in [0.5, 0.6) is 5.75 Å². The number of hydrogen-bond acceptors (Lipinski definition) is 5. The maximum Gasteiger partial charge on any atom is 0.308 e. The summed E-state index contributed by atoms with van der Waals surface area (Å²) in [6, 6.07) is 6.59. The van der Waals surface area contributed by atoms with E-state index in [1.807, 2.05) is 13.0 Å². The van der Waals surface area contributed by atoms with E-state index in [9.17, 15) is 14.9 Å². The second kappa shape index (κ2) is 10.1. The number of carbonyl (C=O) groups excluding carboxylic acids is 2. The zero-order chi connectivity index (χ0) is 20.6. The van der Waals surface area contributed by atoms with E-state index in [0.717, 1.165) is 0 Å². The van der Waals surface area contributed by atoms with Crippen LogP contribution in [-0.4, -0.2) is 24.1 Å². The van der Waals surface area contributed by atoms with Crippen LogP contribution in [0.2, 0.25) is 0 Å². The van der Waals surface area contributed by atoms with Crippen LogP contribution in [0.3, 0.4) is 0 Å². The molecule has 0 saturated carbocycles. The summed E-state index contributed by atoms with van der Waals surface area (Å²) < 4.78 is 11.0. The number of rotatable bonds is 9. The lowest BCUT2D eigenvalue weighted by molar-refractivity contribution is -0.146. The zero-order valence-electron chi connectivity index (χ0n) is 17.1. The lowest BCUT2D eigenvalue weighted by atomic mass is 9.83. The third kappa shape index (κ3) is 6.69. The maximum absolute atomic E-state index is 13.2. The van der Waals surface area contributed by atoms with Gasteiger partial charge in [-0.15, -0.1) is 0 Å². The number of benzene rings is 1. The van der Waals surface area contributed by atoms with Gasteiger partial charge in [0.25, 0.3) is 5.91 Å². The van der Waals surface area contributed by atoms with Gasteiger partial charge in [-0.2, -0.15) is 5.26 Å². The van der Waals surface area contributed by atoms with Gasteiger partial charge in [-0.25, -0.2) is 0 Å². The van der Waals surface area contributed by atoms with Crippen LogP contribution < -0.4 is 10.1 Å². The van der Waals surface area contributed by atoms with E-state index in [4.69, 9.17) is 9.47 Å². The monoisotopic (exact) mass is 374 g/mol. The molecule has 27 heavy (non-hydrogen) atoms. The molecule has 0 fully saturated rings. The average Bonchev–Trinajstić information content (AvgIpc) is 2.54. The molecule has 1 rings (SSSR count). The van der Waals surface area contributed by atoms with Gasteiger partial charge in [-0.1, -0.05) is 27.7 Å². The molecule has 0 spiro atoms.